The van der Waals surface area contributed by atoms with Crippen LogP contribution >= 0.6 is 15.9 Å². The van der Waals surface area contributed by atoms with Crippen LogP contribution in [0.25, 0.3) is 0 Å². The highest BCUT2D eigenvalue weighted by atomic mass is 79.9. The molecule has 0 spiro atoms. The molecule has 0 fully saturated rings. The third kappa shape index (κ3) is 2.67. The molecule has 90 valence electrons. The number of alkyl halides is 3. The summed E-state index contributed by atoms with van der Waals surface area (Å²) in [7, 11) is -5.63. The first kappa shape index (κ1) is 13.3. The second kappa shape index (κ2) is 4.25. The Hall–Kier alpha value is -0.760. The fourth-order valence-electron chi connectivity index (χ4n) is 0.879. The molecule has 0 radical (unpaired) electrons. The number of halogens is 4. The number of hydrogen-bond acceptors (Lipinski definition) is 3. The molecule has 0 amide bonds. The van der Waals surface area contributed by atoms with Crippen LogP contribution in [0.4, 0.5) is 13.2 Å². The van der Waals surface area contributed by atoms with Crippen molar-refractivity contribution in [3.05, 3.63) is 28.2 Å². The maximum absolute atomic E-state index is 12.1. The molecule has 0 saturated carbocycles. The maximum Gasteiger partial charge on any atom is 0.534 e. The van der Waals surface area contributed by atoms with Crippen molar-refractivity contribution in [1.29, 1.82) is 0 Å². The van der Waals surface area contributed by atoms with Gasteiger partial charge in [0.25, 0.3) is 0 Å². The molecule has 0 saturated heterocycles. The highest BCUT2D eigenvalue weighted by molar-refractivity contribution is 9.10. The summed E-state index contributed by atoms with van der Waals surface area (Å²) >= 11 is 2.91. The van der Waals surface area contributed by atoms with Gasteiger partial charge in [-0.15, -0.1) is 0 Å². The maximum atomic E-state index is 12.1. The van der Waals surface area contributed by atoms with Crippen molar-refractivity contribution >= 4 is 26.0 Å². The molecule has 0 N–H and O–H groups in total. The second-order valence-corrected chi connectivity index (χ2v) is 5.26. The summed E-state index contributed by atoms with van der Waals surface area (Å²) in [6.45, 7) is 1.44. The lowest BCUT2D eigenvalue weighted by molar-refractivity contribution is -0.0500. The lowest BCUT2D eigenvalue weighted by Crippen LogP contribution is -2.28. The minimum absolute atomic E-state index is 0.139. The molecule has 16 heavy (non-hydrogen) atoms. The summed E-state index contributed by atoms with van der Waals surface area (Å²) in [4.78, 5) is 0. The number of para-hydroxylation sites is 1. The van der Waals surface area contributed by atoms with Gasteiger partial charge in [-0.2, -0.15) is 21.6 Å². The molecule has 0 atom stereocenters. The molecule has 0 bridgehead atoms. The largest absolute Gasteiger partial charge is 0.534 e. The van der Waals surface area contributed by atoms with E-state index in [9.17, 15) is 21.6 Å². The van der Waals surface area contributed by atoms with E-state index in [2.05, 4.69) is 20.1 Å². The molecular weight excluding hydrogens is 313 g/mol. The predicted octanol–water partition coefficient (Wildman–Crippen LogP) is 2.99. The van der Waals surface area contributed by atoms with Crippen molar-refractivity contribution in [3.63, 3.8) is 0 Å². The van der Waals surface area contributed by atoms with Gasteiger partial charge in [0.1, 0.15) is 0 Å². The summed E-state index contributed by atoms with van der Waals surface area (Å²) in [6.07, 6.45) is 0. The first-order valence-corrected chi connectivity index (χ1v) is 6.11. The van der Waals surface area contributed by atoms with Gasteiger partial charge >= 0.3 is 15.6 Å². The van der Waals surface area contributed by atoms with E-state index in [0.29, 0.717) is 0 Å². The first-order chi connectivity index (χ1) is 7.15. The van der Waals surface area contributed by atoms with Crippen molar-refractivity contribution in [3.8, 4) is 5.75 Å². The van der Waals surface area contributed by atoms with Gasteiger partial charge in [0, 0.05) is 0 Å². The molecule has 3 nitrogen and oxygen atoms in total. The topological polar surface area (TPSA) is 43.4 Å². The zero-order valence-electron chi connectivity index (χ0n) is 7.88. The van der Waals surface area contributed by atoms with E-state index in [1.807, 2.05) is 0 Å². The standard InChI is InChI=1S/C8H6BrF3O3S/c1-5-3-2-4-6(9)7(5)15-16(13,14)8(10,11)12/h2-4H,1H3. The van der Waals surface area contributed by atoms with Gasteiger partial charge in [0.05, 0.1) is 4.47 Å². The molecule has 1 rings (SSSR count). The fraction of sp³-hybridized carbons (Fsp3) is 0.250. The van der Waals surface area contributed by atoms with Crippen LogP contribution in [0, 0.1) is 6.92 Å². The van der Waals surface area contributed by atoms with Crippen LogP contribution in [-0.2, 0) is 10.1 Å². The van der Waals surface area contributed by atoms with Crippen LogP contribution < -0.4 is 4.18 Å². The van der Waals surface area contributed by atoms with Crippen LogP contribution in [0.2, 0.25) is 0 Å². The van der Waals surface area contributed by atoms with Crippen molar-refractivity contribution in [2.45, 2.75) is 12.4 Å². The summed E-state index contributed by atoms with van der Waals surface area (Å²) in [6, 6.07) is 4.37. The minimum atomic E-state index is -5.63. The Labute approximate surface area is 98.5 Å². The van der Waals surface area contributed by atoms with E-state index in [4.69, 9.17) is 0 Å². The summed E-state index contributed by atoms with van der Waals surface area (Å²) in [5, 5.41) is 0. The molecule has 8 heteroatoms. The third-order valence-electron chi connectivity index (χ3n) is 1.64. The molecule has 1 aromatic carbocycles. The Bertz CT molecular complexity index is 475. The normalized spacial score (nSPS) is 12.6. The van der Waals surface area contributed by atoms with E-state index >= 15 is 0 Å². The van der Waals surface area contributed by atoms with Gasteiger partial charge < -0.3 is 4.18 Å². The summed E-state index contributed by atoms with van der Waals surface area (Å²) in [5.41, 5.74) is -5.16. The average molecular weight is 319 g/mol. The average Bonchev–Trinajstić information content (AvgIpc) is 2.10. The van der Waals surface area contributed by atoms with Gasteiger partial charge in [0.15, 0.2) is 5.75 Å². The van der Waals surface area contributed by atoms with Crippen molar-refractivity contribution in [2.75, 3.05) is 0 Å². The highest BCUT2D eigenvalue weighted by Gasteiger charge is 2.48. The van der Waals surface area contributed by atoms with E-state index in [-0.39, 0.29) is 15.8 Å². The van der Waals surface area contributed by atoms with Gasteiger partial charge in [-0.3, -0.25) is 0 Å². The zero-order valence-corrected chi connectivity index (χ0v) is 10.3. The monoisotopic (exact) mass is 318 g/mol. The van der Waals surface area contributed by atoms with E-state index in [1.165, 1.54) is 19.1 Å². The molecule has 0 aliphatic heterocycles. The number of benzene rings is 1. The van der Waals surface area contributed by atoms with Gasteiger partial charge in [-0.05, 0) is 34.5 Å². The van der Waals surface area contributed by atoms with Gasteiger partial charge in [0.2, 0.25) is 0 Å². The number of hydrogen-bond donors (Lipinski definition) is 0. The smallest absolute Gasteiger partial charge is 0.375 e. The van der Waals surface area contributed by atoms with Crippen LogP contribution in [0.15, 0.2) is 22.7 Å². The van der Waals surface area contributed by atoms with Crippen molar-refractivity contribution in [2.24, 2.45) is 0 Å². The molecule has 0 unspecified atom stereocenters. The zero-order chi connectivity index (χ0) is 12.6. The summed E-state index contributed by atoms with van der Waals surface area (Å²) in [5.74, 6) is -0.361. The first-order valence-electron chi connectivity index (χ1n) is 3.91. The lowest BCUT2D eigenvalue weighted by atomic mass is 10.2. The number of aryl methyl sites for hydroxylation is 1. The number of rotatable bonds is 2. The van der Waals surface area contributed by atoms with Crippen LogP contribution in [0.1, 0.15) is 5.56 Å². The Morgan fingerprint density at radius 3 is 2.31 bits per heavy atom. The van der Waals surface area contributed by atoms with E-state index < -0.39 is 15.6 Å². The molecule has 0 aliphatic rings. The highest BCUT2D eigenvalue weighted by Crippen LogP contribution is 2.33. The van der Waals surface area contributed by atoms with E-state index in [1.54, 1.807) is 6.07 Å². The third-order valence-corrected chi connectivity index (χ3v) is 3.22. The molecule has 0 heterocycles. The quantitative estimate of drug-likeness (QED) is 0.622. The molecule has 0 aromatic heterocycles. The molecule has 0 aliphatic carbocycles. The minimum Gasteiger partial charge on any atom is -0.375 e. The Balaban J connectivity index is 3.17. The Morgan fingerprint density at radius 1 is 1.31 bits per heavy atom. The molecule has 1 aromatic rings. The Kier molecular flexibility index (Phi) is 3.53. The van der Waals surface area contributed by atoms with Crippen LogP contribution in [0.5, 0.6) is 5.75 Å². The lowest BCUT2D eigenvalue weighted by Gasteiger charge is -2.12. The SMILES string of the molecule is Cc1cccc(Br)c1OS(=O)(=O)C(F)(F)F. The summed E-state index contributed by atoms with van der Waals surface area (Å²) < 4.78 is 61.8. The van der Waals surface area contributed by atoms with Crippen LogP contribution in [0.3, 0.4) is 0 Å². The fourth-order valence-corrected chi connectivity index (χ4v) is 2.07. The van der Waals surface area contributed by atoms with E-state index in [0.717, 1.165) is 0 Å². The Morgan fingerprint density at radius 2 is 1.88 bits per heavy atom. The van der Waals surface area contributed by atoms with Crippen molar-refractivity contribution < 1.29 is 25.8 Å². The van der Waals surface area contributed by atoms with Gasteiger partial charge in [-0.1, -0.05) is 12.1 Å². The molecular formula is C8H6BrF3O3S. The second-order valence-electron chi connectivity index (χ2n) is 2.87. The van der Waals surface area contributed by atoms with Crippen molar-refractivity contribution in [1.82, 2.24) is 0 Å². The van der Waals surface area contributed by atoms with Crippen LogP contribution in [-0.4, -0.2) is 13.9 Å². The van der Waals surface area contributed by atoms with Gasteiger partial charge in [-0.25, -0.2) is 0 Å². The predicted molar refractivity (Wildman–Crippen MR) is 54.5 cm³/mol.